The molecule has 26 heavy (non-hydrogen) atoms. The summed E-state index contributed by atoms with van der Waals surface area (Å²) in [6.45, 7) is 0.803. The van der Waals surface area contributed by atoms with Gasteiger partial charge in [-0.05, 0) is 55.7 Å². The number of amides is 1. The molecule has 138 valence electrons. The molecular weight excluding hydrogens is 329 g/mol. The van der Waals surface area contributed by atoms with Gasteiger partial charge in [0.1, 0.15) is 5.82 Å². The van der Waals surface area contributed by atoms with Crippen LogP contribution < -0.4 is 0 Å². The summed E-state index contributed by atoms with van der Waals surface area (Å²) in [6, 6.07) is 6.60. The van der Waals surface area contributed by atoms with Gasteiger partial charge in [-0.2, -0.15) is 5.10 Å². The lowest BCUT2D eigenvalue weighted by Crippen LogP contribution is -2.39. The Morgan fingerprint density at radius 3 is 2.81 bits per heavy atom. The Morgan fingerprint density at radius 2 is 2.00 bits per heavy atom. The van der Waals surface area contributed by atoms with Crippen molar-refractivity contribution < 1.29 is 9.18 Å². The van der Waals surface area contributed by atoms with E-state index in [1.165, 1.54) is 37.8 Å². The first kappa shape index (κ1) is 17.3. The number of rotatable bonds is 4. The molecule has 2 aliphatic rings. The number of benzene rings is 1. The van der Waals surface area contributed by atoms with Gasteiger partial charge in [-0.25, -0.2) is 4.39 Å². The zero-order valence-corrected chi connectivity index (χ0v) is 15.1. The number of nitrogens with one attached hydrogen (secondary N) is 1. The maximum atomic E-state index is 13.7. The van der Waals surface area contributed by atoms with Gasteiger partial charge < -0.3 is 4.90 Å². The van der Waals surface area contributed by atoms with Gasteiger partial charge in [0.05, 0.1) is 17.9 Å². The highest BCUT2D eigenvalue weighted by Gasteiger charge is 2.32. The fourth-order valence-electron chi connectivity index (χ4n) is 4.55. The number of halogens is 1. The molecule has 1 aliphatic heterocycles. The smallest absolute Gasteiger partial charge is 0.223 e. The molecule has 0 unspecified atom stereocenters. The lowest BCUT2D eigenvalue weighted by Gasteiger charge is -2.36. The second kappa shape index (κ2) is 7.60. The van der Waals surface area contributed by atoms with E-state index in [1.54, 1.807) is 12.3 Å². The average molecular weight is 355 g/mol. The van der Waals surface area contributed by atoms with Crippen molar-refractivity contribution in [3.8, 4) is 11.1 Å². The van der Waals surface area contributed by atoms with Crippen molar-refractivity contribution in [1.82, 2.24) is 15.1 Å². The number of H-pyrrole nitrogens is 1. The summed E-state index contributed by atoms with van der Waals surface area (Å²) in [6.07, 6.45) is 10.4. The molecule has 2 aromatic rings. The minimum atomic E-state index is -0.257. The normalized spacial score (nSPS) is 21.3. The van der Waals surface area contributed by atoms with Crippen LogP contribution in [-0.2, 0) is 4.79 Å². The quantitative estimate of drug-likeness (QED) is 0.852. The summed E-state index contributed by atoms with van der Waals surface area (Å²) in [5.74, 6) is 0.559. The van der Waals surface area contributed by atoms with E-state index in [0.29, 0.717) is 12.3 Å². The monoisotopic (exact) mass is 355 g/mol. The Kier molecular flexibility index (Phi) is 5.05. The van der Waals surface area contributed by atoms with Gasteiger partial charge in [-0.1, -0.05) is 25.0 Å². The average Bonchev–Trinajstić information content (AvgIpc) is 3.33. The molecule has 1 aliphatic carbocycles. The van der Waals surface area contributed by atoms with Crippen LogP contribution in [0.2, 0.25) is 0 Å². The first-order chi connectivity index (χ1) is 12.7. The largest absolute Gasteiger partial charge is 0.334 e. The third-order valence-electron chi connectivity index (χ3n) is 5.90. The van der Waals surface area contributed by atoms with Crippen molar-refractivity contribution in [3.63, 3.8) is 0 Å². The third kappa shape index (κ3) is 3.53. The minimum absolute atomic E-state index is 0.0124. The molecule has 1 saturated heterocycles. The fraction of sp³-hybridized carbons (Fsp3) is 0.524. The zero-order chi connectivity index (χ0) is 17.9. The first-order valence-electron chi connectivity index (χ1n) is 9.81. The van der Waals surface area contributed by atoms with Crippen LogP contribution in [0.3, 0.4) is 0 Å². The van der Waals surface area contributed by atoms with Crippen LogP contribution in [0.25, 0.3) is 11.1 Å². The van der Waals surface area contributed by atoms with E-state index in [-0.39, 0.29) is 17.8 Å². The molecule has 1 atom stereocenters. The molecule has 1 amide bonds. The predicted octanol–water partition coefficient (Wildman–Crippen LogP) is 4.85. The number of aromatic nitrogens is 2. The Hall–Kier alpha value is -2.17. The van der Waals surface area contributed by atoms with Gasteiger partial charge in [-0.3, -0.25) is 9.89 Å². The van der Waals surface area contributed by atoms with E-state index >= 15 is 0 Å². The summed E-state index contributed by atoms with van der Waals surface area (Å²) in [5.41, 5.74) is 2.65. The second-order valence-corrected chi connectivity index (χ2v) is 7.66. The number of carbonyl (C=O) groups excluding carboxylic acids is 1. The van der Waals surface area contributed by atoms with Gasteiger partial charge in [0, 0.05) is 18.5 Å². The third-order valence-corrected chi connectivity index (χ3v) is 5.90. The zero-order valence-electron chi connectivity index (χ0n) is 15.1. The Morgan fingerprint density at radius 1 is 1.19 bits per heavy atom. The van der Waals surface area contributed by atoms with E-state index in [4.69, 9.17) is 0 Å². The van der Waals surface area contributed by atoms with Crippen LogP contribution in [0.5, 0.6) is 0 Å². The molecule has 0 spiro atoms. The molecule has 1 aromatic heterocycles. The molecule has 1 saturated carbocycles. The maximum absolute atomic E-state index is 13.7. The number of hydrogen-bond acceptors (Lipinski definition) is 2. The molecule has 5 heteroatoms. The molecule has 0 bridgehead atoms. The van der Waals surface area contributed by atoms with Crippen LogP contribution in [0.4, 0.5) is 4.39 Å². The Bertz CT molecular complexity index is 766. The van der Waals surface area contributed by atoms with Crippen LogP contribution in [-0.4, -0.2) is 27.5 Å². The fourth-order valence-corrected chi connectivity index (χ4v) is 4.55. The molecular formula is C21H26FN3O. The summed E-state index contributed by atoms with van der Waals surface area (Å²) in [5, 5.41) is 7.32. The predicted molar refractivity (Wildman–Crippen MR) is 98.9 cm³/mol. The number of carbonyl (C=O) groups is 1. The number of piperidine rings is 1. The van der Waals surface area contributed by atoms with E-state index in [2.05, 4.69) is 10.2 Å². The van der Waals surface area contributed by atoms with Crippen molar-refractivity contribution in [2.75, 3.05) is 6.54 Å². The van der Waals surface area contributed by atoms with E-state index in [1.807, 2.05) is 11.0 Å². The highest BCUT2D eigenvalue weighted by molar-refractivity contribution is 5.78. The SMILES string of the molecule is O=C(CC1CCCC1)N1CCCC[C@@H]1c1[nH]ncc1-c1cccc(F)c1. The van der Waals surface area contributed by atoms with E-state index in [9.17, 15) is 9.18 Å². The van der Waals surface area contributed by atoms with Crippen LogP contribution in [0.15, 0.2) is 30.5 Å². The number of likely N-dealkylation sites (tertiary alicyclic amines) is 1. The highest BCUT2D eigenvalue weighted by atomic mass is 19.1. The summed E-state index contributed by atoms with van der Waals surface area (Å²) in [7, 11) is 0. The molecule has 2 fully saturated rings. The van der Waals surface area contributed by atoms with Gasteiger partial charge in [0.15, 0.2) is 0 Å². The molecule has 0 radical (unpaired) electrons. The molecule has 2 heterocycles. The van der Waals surface area contributed by atoms with Crippen molar-refractivity contribution >= 4 is 5.91 Å². The summed E-state index contributed by atoms with van der Waals surface area (Å²) >= 11 is 0. The molecule has 4 nitrogen and oxygen atoms in total. The Labute approximate surface area is 153 Å². The van der Waals surface area contributed by atoms with Crippen molar-refractivity contribution in [1.29, 1.82) is 0 Å². The highest BCUT2D eigenvalue weighted by Crippen LogP contribution is 2.37. The molecule has 1 aromatic carbocycles. The summed E-state index contributed by atoms with van der Waals surface area (Å²) in [4.78, 5) is 15.0. The van der Waals surface area contributed by atoms with Gasteiger partial charge in [0.25, 0.3) is 0 Å². The van der Waals surface area contributed by atoms with Gasteiger partial charge in [0.2, 0.25) is 5.91 Å². The van der Waals surface area contributed by atoms with Crippen molar-refractivity contribution in [2.45, 2.75) is 57.4 Å². The first-order valence-corrected chi connectivity index (χ1v) is 9.81. The number of hydrogen-bond donors (Lipinski definition) is 1. The second-order valence-electron chi connectivity index (χ2n) is 7.66. The standard InChI is InChI=1S/C21H26FN3O/c22-17-9-5-8-16(13-17)18-14-23-24-21(18)19-10-3-4-11-25(19)20(26)12-15-6-1-2-7-15/h5,8-9,13-15,19H,1-4,6-7,10-12H2,(H,23,24)/t19-/m1/s1. The van der Waals surface area contributed by atoms with Crippen molar-refractivity contribution in [3.05, 3.63) is 42.0 Å². The van der Waals surface area contributed by atoms with Crippen LogP contribution >= 0.6 is 0 Å². The lowest BCUT2D eigenvalue weighted by atomic mass is 9.93. The molecule has 4 rings (SSSR count). The Balaban J connectivity index is 1.59. The van der Waals surface area contributed by atoms with Gasteiger partial charge >= 0.3 is 0 Å². The summed E-state index contributed by atoms with van der Waals surface area (Å²) < 4.78 is 13.7. The van der Waals surface area contributed by atoms with E-state index < -0.39 is 0 Å². The van der Waals surface area contributed by atoms with Crippen LogP contribution in [0.1, 0.15) is 63.1 Å². The van der Waals surface area contributed by atoms with Gasteiger partial charge in [-0.15, -0.1) is 0 Å². The number of aromatic amines is 1. The number of nitrogens with zero attached hydrogens (tertiary/aromatic N) is 2. The topological polar surface area (TPSA) is 49.0 Å². The molecule has 1 N–H and O–H groups in total. The minimum Gasteiger partial charge on any atom is -0.334 e. The lowest BCUT2D eigenvalue weighted by molar-refractivity contribution is -0.136. The van der Waals surface area contributed by atoms with E-state index in [0.717, 1.165) is 42.6 Å². The maximum Gasteiger partial charge on any atom is 0.223 e. The van der Waals surface area contributed by atoms with Crippen molar-refractivity contribution in [2.24, 2.45) is 5.92 Å². The van der Waals surface area contributed by atoms with Crippen LogP contribution in [0, 0.1) is 11.7 Å².